The fourth-order valence-electron chi connectivity index (χ4n) is 3.30. The van der Waals surface area contributed by atoms with Crippen molar-refractivity contribution in [1.29, 1.82) is 0 Å². The lowest BCUT2D eigenvalue weighted by Gasteiger charge is -2.13. The monoisotopic (exact) mass is 418 g/mol. The molecule has 0 spiro atoms. The van der Waals surface area contributed by atoms with E-state index in [0.717, 1.165) is 36.8 Å². The first-order chi connectivity index (χ1) is 15.1. The largest absolute Gasteiger partial charge is 0.427 e. The van der Waals surface area contributed by atoms with Gasteiger partial charge in [-0.1, -0.05) is 43.2 Å². The smallest absolute Gasteiger partial charge is 0.308 e. The number of rotatable bonds is 11. The molecule has 31 heavy (non-hydrogen) atoms. The van der Waals surface area contributed by atoms with Crippen LogP contribution in [0.5, 0.6) is 5.75 Å². The summed E-state index contributed by atoms with van der Waals surface area (Å²) >= 11 is 0. The van der Waals surface area contributed by atoms with Crippen LogP contribution < -0.4 is 4.74 Å². The van der Waals surface area contributed by atoms with E-state index in [1.807, 2.05) is 42.7 Å². The van der Waals surface area contributed by atoms with Gasteiger partial charge in [0.15, 0.2) is 5.82 Å². The van der Waals surface area contributed by atoms with Crippen molar-refractivity contribution in [2.45, 2.75) is 58.7 Å². The predicted molar refractivity (Wildman–Crippen MR) is 122 cm³/mol. The molecule has 0 bridgehead atoms. The van der Waals surface area contributed by atoms with Crippen molar-refractivity contribution < 1.29 is 14.3 Å². The second kappa shape index (κ2) is 12.0. The molecule has 3 aromatic rings. The molecular weight excluding hydrogens is 388 g/mol. The molecular formula is C26H30N2O3. The van der Waals surface area contributed by atoms with E-state index in [-0.39, 0.29) is 12.1 Å². The predicted octanol–water partition coefficient (Wildman–Crippen LogP) is 5.78. The summed E-state index contributed by atoms with van der Waals surface area (Å²) in [6.45, 7) is 4.21. The average Bonchev–Trinajstić information content (AvgIpc) is 2.79. The molecule has 162 valence electrons. The Bertz CT molecular complexity index is 925. The van der Waals surface area contributed by atoms with Crippen molar-refractivity contribution in [3.8, 4) is 17.1 Å². The fraction of sp³-hybridized carbons (Fsp3) is 0.346. The van der Waals surface area contributed by atoms with Crippen LogP contribution in [-0.4, -0.2) is 22.0 Å². The van der Waals surface area contributed by atoms with Gasteiger partial charge in [-0.2, -0.15) is 0 Å². The fourth-order valence-corrected chi connectivity index (χ4v) is 3.30. The normalized spacial score (nSPS) is 11.8. The van der Waals surface area contributed by atoms with Crippen LogP contribution >= 0.6 is 0 Å². The van der Waals surface area contributed by atoms with E-state index in [4.69, 9.17) is 9.47 Å². The summed E-state index contributed by atoms with van der Waals surface area (Å²) in [5.41, 5.74) is 3.26. The van der Waals surface area contributed by atoms with E-state index in [1.54, 1.807) is 12.1 Å². The molecule has 1 heterocycles. The Morgan fingerprint density at radius 1 is 0.903 bits per heavy atom. The Morgan fingerprint density at radius 3 is 2.29 bits per heavy atom. The first-order valence-corrected chi connectivity index (χ1v) is 10.9. The average molecular weight is 419 g/mol. The van der Waals surface area contributed by atoms with Gasteiger partial charge < -0.3 is 9.47 Å². The Kier molecular flexibility index (Phi) is 8.73. The first-order valence-electron chi connectivity index (χ1n) is 10.9. The molecule has 5 heteroatoms. The molecule has 0 radical (unpaired) electrons. The molecule has 0 aliphatic rings. The lowest BCUT2D eigenvalue weighted by Crippen LogP contribution is -2.08. The maximum Gasteiger partial charge on any atom is 0.308 e. The minimum absolute atomic E-state index is 0.273. The SMILES string of the molecule is CC(=O)Oc1ccc(-c2ncc(CCCCCC(C)OCc3ccccc3)cn2)cc1. The highest BCUT2D eigenvalue weighted by Gasteiger charge is 2.05. The summed E-state index contributed by atoms with van der Waals surface area (Å²) in [7, 11) is 0. The van der Waals surface area contributed by atoms with Crippen LogP contribution in [0.3, 0.4) is 0 Å². The molecule has 0 N–H and O–H groups in total. The van der Waals surface area contributed by atoms with Gasteiger partial charge in [0, 0.05) is 24.9 Å². The minimum Gasteiger partial charge on any atom is -0.427 e. The van der Waals surface area contributed by atoms with Crippen molar-refractivity contribution >= 4 is 5.97 Å². The van der Waals surface area contributed by atoms with Gasteiger partial charge in [-0.15, -0.1) is 0 Å². The van der Waals surface area contributed by atoms with Crippen LogP contribution in [0.4, 0.5) is 0 Å². The van der Waals surface area contributed by atoms with E-state index in [9.17, 15) is 4.79 Å². The van der Waals surface area contributed by atoms with Crippen LogP contribution in [0.1, 0.15) is 50.7 Å². The molecule has 1 aromatic heterocycles. The number of ether oxygens (including phenoxy) is 2. The highest BCUT2D eigenvalue weighted by atomic mass is 16.5. The van der Waals surface area contributed by atoms with Gasteiger partial charge in [-0.05, 0) is 61.6 Å². The number of hydrogen-bond donors (Lipinski definition) is 0. The number of carbonyl (C=O) groups is 1. The molecule has 0 saturated heterocycles. The quantitative estimate of drug-likeness (QED) is 0.224. The third kappa shape index (κ3) is 7.95. The van der Waals surface area contributed by atoms with Gasteiger partial charge in [-0.25, -0.2) is 9.97 Å². The Balaban J connectivity index is 1.34. The lowest BCUT2D eigenvalue weighted by atomic mass is 10.1. The van der Waals surface area contributed by atoms with Gasteiger partial charge in [0.25, 0.3) is 0 Å². The molecule has 0 fully saturated rings. The number of benzene rings is 2. The zero-order chi connectivity index (χ0) is 21.9. The summed E-state index contributed by atoms with van der Waals surface area (Å²) in [4.78, 5) is 20.0. The Labute approximate surface area is 184 Å². The number of unbranched alkanes of at least 4 members (excludes halogenated alkanes) is 2. The topological polar surface area (TPSA) is 61.3 Å². The van der Waals surface area contributed by atoms with E-state index in [2.05, 4.69) is 29.0 Å². The van der Waals surface area contributed by atoms with Crippen molar-refractivity contribution in [1.82, 2.24) is 9.97 Å². The summed E-state index contributed by atoms with van der Waals surface area (Å²) in [5.74, 6) is 0.859. The zero-order valence-electron chi connectivity index (χ0n) is 18.3. The van der Waals surface area contributed by atoms with Crippen molar-refractivity contribution in [3.63, 3.8) is 0 Å². The number of aromatic nitrogens is 2. The molecule has 1 unspecified atom stereocenters. The van der Waals surface area contributed by atoms with Crippen LogP contribution in [-0.2, 0) is 22.6 Å². The molecule has 1 atom stereocenters. The highest BCUT2D eigenvalue weighted by Crippen LogP contribution is 2.20. The second-order valence-electron chi connectivity index (χ2n) is 7.74. The number of esters is 1. The van der Waals surface area contributed by atoms with Gasteiger partial charge in [-0.3, -0.25) is 4.79 Å². The Hall–Kier alpha value is -3.05. The maximum absolute atomic E-state index is 11.0. The summed E-state index contributed by atoms with van der Waals surface area (Å²) in [6.07, 6.45) is 9.56. The number of hydrogen-bond acceptors (Lipinski definition) is 5. The number of nitrogens with zero attached hydrogens (tertiary/aromatic N) is 2. The van der Waals surface area contributed by atoms with Crippen LogP contribution in [0.25, 0.3) is 11.4 Å². The van der Waals surface area contributed by atoms with Gasteiger partial charge in [0.2, 0.25) is 0 Å². The van der Waals surface area contributed by atoms with E-state index in [1.165, 1.54) is 18.9 Å². The molecule has 0 aliphatic carbocycles. The standard InChI is InChI=1S/C26H30N2O3/c1-20(30-19-22-10-6-4-7-11-22)9-5-3-8-12-23-17-27-26(28-18-23)24-13-15-25(16-14-24)31-21(2)29/h4,6-7,10-11,13-18,20H,3,5,8-9,12,19H2,1-2H3. The van der Waals surface area contributed by atoms with Gasteiger partial charge in [0.05, 0.1) is 12.7 Å². The first kappa shape index (κ1) is 22.6. The van der Waals surface area contributed by atoms with E-state index >= 15 is 0 Å². The van der Waals surface area contributed by atoms with Crippen molar-refractivity contribution in [2.75, 3.05) is 0 Å². The summed E-state index contributed by atoms with van der Waals surface area (Å²) < 4.78 is 11.0. The van der Waals surface area contributed by atoms with Gasteiger partial charge >= 0.3 is 5.97 Å². The van der Waals surface area contributed by atoms with Crippen LogP contribution in [0.2, 0.25) is 0 Å². The molecule has 2 aromatic carbocycles. The molecule has 0 aliphatic heterocycles. The lowest BCUT2D eigenvalue weighted by molar-refractivity contribution is -0.131. The summed E-state index contributed by atoms with van der Waals surface area (Å²) in [6, 6.07) is 17.5. The number of carbonyl (C=O) groups excluding carboxylic acids is 1. The molecule has 3 rings (SSSR count). The van der Waals surface area contributed by atoms with Crippen molar-refractivity contribution in [2.24, 2.45) is 0 Å². The molecule has 0 amide bonds. The van der Waals surface area contributed by atoms with E-state index in [0.29, 0.717) is 18.2 Å². The minimum atomic E-state index is -0.331. The van der Waals surface area contributed by atoms with E-state index < -0.39 is 0 Å². The van der Waals surface area contributed by atoms with Crippen molar-refractivity contribution in [3.05, 3.63) is 78.1 Å². The van der Waals surface area contributed by atoms with Crippen LogP contribution in [0.15, 0.2) is 67.0 Å². The summed E-state index contributed by atoms with van der Waals surface area (Å²) in [5, 5.41) is 0. The third-order valence-corrected chi connectivity index (χ3v) is 5.03. The van der Waals surface area contributed by atoms with Gasteiger partial charge in [0.1, 0.15) is 5.75 Å². The maximum atomic E-state index is 11.0. The highest BCUT2D eigenvalue weighted by molar-refractivity contribution is 5.69. The second-order valence-corrected chi connectivity index (χ2v) is 7.74. The number of aryl methyl sites for hydroxylation is 1. The molecule has 0 saturated carbocycles. The molecule has 5 nitrogen and oxygen atoms in total. The van der Waals surface area contributed by atoms with Crippen LogP contribution in [0, 0.1) is 0 Å². The third-order valence-electron chi connectivity index (χ3n) is 5.03. The zero-order valence-corrected chi connectivity index (χ0v) is 18.3. The Morgan fingerprint density at radius 2 is 1.61 bits per heavy atom.